The highest BCUT2D eigenvalue weighted by Crippen LogP contribution is 2.46. The minimum absolute atomic E-state index is 0.902. The summed E-state index contributed by atoms with van der Waals surface area (Å²) in [6.07, 6.45) is 0. The van der Waals surface area contributed by atoms with Crippen LogP contribution in [0.2, 0.25) is 0 Å². The molecule has 0 fully saturated rings. The summed E-state index contributed by atoms with van der Waals surface area (Å²) < 4.78 is 9.20. The van der Waals surface area contributed by atoms with Crippen molar-refractivity contribution in [1.82, 2.24) is 0 Å². The van der Waals surface area contributed by atoms with E-state index >= 15 is 0 Å². The first-order chi connectivity index (χ1) is 29.7. The number of furan rings is 1. The van der Waals surface area contributed by atoms with Crippen LogP contribution in [-0.4, -0.2) is 0 Å². The van der Waals surface area contributed by atoms with Gasteiger partial charge in [-0.25, -0.2) is 0 Å². The molecule has 12 aromatic rings. The second-order valence-electron chi connectivity index (χ2n) is 15.3. The molecular formula is C56H36N2OS. The smallest absolute Gasteiger partial charge is 0.143 e. The molecule has 4 heteroatoms. The number of hydrogen-bond acceptors (Lipinski definition) is 4. The van der Waals surface area contributed by atoms with E-state index < -0.39 is 0 Å². The summed E-state index contributed by atoms with van der Waals surface area (Å²) in [5.74, 6) is 0. The number of hydrogen-bond donors (Lipinski definition) is 0. The third-order valence-corrected chi connectivity index (χ3v) is 13.0. The lowest BCUT2D eigenvalue weighted by atomic mass is 9.96. The first-order valence-electron chi connectivity index (χ1n) is 20.3. The van der Waals surface area contributed by atoms with Crippen LogP contribution in [0.1, 0.15) is 0 Å². The van der Waals surface area contributed by atoms with Crippen molar-refractivity contribution in [3.05, 3.63) is 218 Å². The fraction of sp³-hybridized carbons (Fsp3) is 0. The first-order valence-corrected chi connectivity index (χ1v) is 21.1. The average Bonchev–Trinajstić information content (AvgIpc) is 3.90. The normalized spacial score (nSPS) is 11.7. The van der Waals surface area contributed by atoms with E-state index in [9.17, 15) is 0 Å². The maximum absolute atomic E-state index is 6.63. The van der Waals surface area contributed by atoms with E-state index in [1.165, 1.54) is 36.3 Å². The van der Waals surface area contributed by atoms with Gasteiger partial charge in [0, 0.05) is 70.5 Å². The van der Waals surface area contributed by atoms with Crippen LogP contribution in [-0.2, 0) is 0 Å². The standard InChI is InChI=1S/C56H36N2OS/c1-3-13-39(14-4-1)57(40-15-5-2-6-16-40)41-27-23-37(24-28-41)38-25-29-42(30-26-38)58(44-32-34-48-47-18-10-12-22-53(47)60-54(48)36-44)43-31-33-46-45-17-7-8-19-49(45)56-55(51(46)35-43)50-20-9-11-21-52(50)59-56/h1-36H. The molecule has 2 aromatic heterocycles. The predicted octanol–water partition coefficient (Wildman–Crippen LogP) is 16.9. The molecule has 0 aliphatic carbocycles. The van der Waals surface area contributed by atoms with Gasteiger partial charge in [0.1, 0.15) is 11.2 Å². The Morgan fingerprint density at radius 1 is 0.300 bits per heavy atom. The summed E-state index contributed by atoms with van der Waals surface area (Å²) in [6, 6.07) is 78.6. The molecule has 0 atom stereocenters. The van der Waals surface area contributed by atoms with Crippen LogP contribution in [0.3, 0.4) is 0 Å². The highest BCUT2D eigenvalue weighted by atomic mass is 32.1. The highest BCUT2D eigenvalue weighted by Gasteiger charge is 2.20. The van der Waals surface area contributed by atoms with Crippen molar-refractivity contribution in [1.29, 1.82) is 0 Å². The van der Waals surface area contributed by atoms with Gasteiger partial charge >= 0.3 is 0 Å². The average molecular weight is 785 g/mol. The van der Waals surface area contributed by atoms with Gasteiger partial charge in [-0.2, -0.15) is 0 Å². The zero-order chi connectivity index (χ0) is 39.6. The number of anilines is 6. The molecule has 12 rings (SSSR count). The molecule has 0 amide bonds. The molecule has 0 saturated carbocycles. The van der Waals surface area contributed by atoms with Gasteiger partial charge in [0.15, 0.2) is 0 Å². The summed E-state index contributed by atoms with van der Waals surface area (Å²) in [6.45, 7) is 0. The Hall–Kier alpha value is -7.66. The van der Waals surface area contributed by atoms with Gasteiger partial charge in [-0.15, -0.1) is 11.3 Å². The lowest BCUT2D eigenvalue weighted by Crippen LogP contribution is -2.10. The van der Waals surface area contributed by atoms with Gasteiger partial charge in [-0.3, -0.25) is 0 Å². The van der Waals surface area contributed by atoms with Crippen LogP contribution in [0, 0.1) is 0 Å². The first kappa shape index (κ1) is 34.4. The highest BCUT2D eigenvalue weighted by molar-refractivity contribution is 7.25. The zero-order valence-corrected chi connectivity index (χ0v) is 33.3. The fourth-order valence-electron chi connectivity index (χ4n) is 9.04. The van der Waals surface area contributed by atoms with Crippen molar-refractivity contribution in [3.8, 4) is 11.1 Å². The fourth-order valence-corrected chi connectivity index (χ4v) is 10.2. The Bertz CT molecular complexity index is 3500. The van der Waals surface area contributed by atoms with Crippen LogP contribution in [0.5, 0.6) is 0 Å². The van der Waals surface area contributed by atoms with Gasteiger partial charge in [-0.05, 0) is 112 Å². The molecule has 0 spiro atoms. The maximum atomic E-state index is 6.63. The summed E-state index contributed by atoms with van der Waals surface area (Å²) in [7, 11) is 0. The lowest BCUT2D eigenvalue weighted by Gasteiger charge is -2.26. The largest absolute Gasteiger partial charge is 0.455 e. The second-order valence-corrected chi connectivity index (χ2v) is 16.4. The van der Waals surface area contributed by atoms with Crippen LogP contribution < -0.4 is 9.80 Å². The number of nitrogens with zero attached hydrogens (tertiary/aromatic N) is 2. The topological polar surface area (TPSA) is 19.6 Å². The van der Waals surface area contributed by atoms with E-state index in [1.807, 2.05) is 11.3 Å². The summed E-state index contributed by atoms with van der Waals surface area (Å²) >= 11 is 1.85. The van der Waals surface area contributed by atoms with E-state index in [0.717, 1.165) is 72.6 Å². The minimum atomic E-state index is 0.902. The number of thiophene rings is 1. The van der Waals surface area contributed by atoms with Crippen molar-refractivity contribution in [2.24, 2.45) is 0 Å². The Morgan fingerprint density at radius 2 is 0.750 bits per heavy atom. The number of benzene rings is 10. The van der Waals surface area contributed by atoms with Crippen molar-refractivity contribution in [2.45, 2.75) is 0 Å². The summed E-state index contributed by atoms with van der Waals surface area (Å²) in [5.41, 5.74) is 10.8. The molecule has 0 bridgehead atoms. The molecule has 10 aromatic carbocycles. The Balaban J connectivity index is 0.993. The van der Waals surface area contributed by atoms with Crippen molar-refractivity contribution < 1.29 is 4.42 Å². The summed E-state index contributed by atoms with van der Waals surface area (Å²) in [4.78, 5) is 4.70. The van der Waals surface area contributed by atoms with E-state index in [2.05, 4.69) is 228 Å². The van der Waals surface area contributed by atoms with Crippen molar-refractivity contribution in [3.63, 3.8) is 0 Å². The molecule has 0 N–H and O–H groups in total. The summed E-state index contributed by atoms with van der Waals surface area (Å²) in [5, 5.41) is 9.58. The Morgan fingerprint density at radius 3 is 1.42 bits per heavy atom. The van der Waals surface area contributed by atoms with Crippen LogP contribution >= 0.6 is 11.3 Å². The molecule has 2 heterocycles. The number of para-hydroxylation sites is 3. The van der Waals surface area contributed by atoms with Gasteiger partial charge in [0.25, 0.3) is 0 Å². The zero-order valence-electron chi connectivity index (χ0n) is 32.5. The van der Waals surface area contributed by atoms with Crippen LogP contribution in [0.15, 0.2) is 223 Å². The predicted molar refractivity (Wildman–Crippen MR) is 256 cm³/mol. The van der Waals surface area contributed by atoms with Crippen molar-refractivity contribution >= 4 is 109 Å². The van der Waals surface area contributed by atoms with E-state index in [1.54, 1.807) is 0 Å². The Labute approximate surface area is 351 Å². The number of fused-ring (bicyclic) bond motifs is 11. The SMILES string of the molecule is c1ccc(N(c2ccccc2)c2ccc(-c3ccc(N(c4ccc5c(c4)sc4ccccc45)c4ccc5c6ccccc6c6oc7ccccc7c6c5c4)cc3)cc2)cc1. The van der Waals surface area contributed by atoms with Crippen LogP contribution in [0.25, 0.3) is 74.8 Å². The molecular weight excluding hydrogens is 749 g/mol. The van der Waals surface area contributed by atoms with Gasteiger partial charge in [-0.1, -0.05) is 133 Å². The van der Waals surface area contributed by atoms with E-state index in [4.69, 9.17) is 4.42 Å². The third-order valence-electron chi connectivity index (χ3n) is 11.8. The minimum Gasteiger partial charge on any atom is -0.455 e. The molecule has 0 radical (unpaired) electrons. The van der Waals surface area contributed by atoms with Crippen LogP contribution in [0.4, 0.5) is 34.1 Å². The van der Waals surface area contributed by atoms with Gasteiger partial charge < -0.3 is 14.2 Å². The third kappa shape index (κ3) is 5.65. The van der Waals surface area contributed by atoms with E-state index in [0.29, 0.717) is 0 Å². The molecule has 3 nitrogen and oxygen atoms in total. The molecule has 0 aliphatic rings. The molecule has 0 unspecified atom stereocenters. The van der Waals surface area contributed by atoms with Gasteiger partial charge in [0.05, 0.1) is 0 Å². The van der Waals surface area contributed by atoms with Gasteiger partial charge in [0.2, 0.25) is 0 Å². The number of rotatable bonds is 7. The van der Waals surface area contributed by atoms with E-state index in [-0.39, 0.29) is 0 Å². The quantitative estimate of drug-likeness (QED) is 0.150. The Kier molecular flexibility index (Phi) is 8.03. The molecule has 0 saturated heterocycles. The molecule has 60 heavy (non-hydrogen) atoms. The van der Waals surface area contributed by atoms with Crippen molar-refractivity contribution in [2.75, 3.05) is 9.80 Å². The molecule has 0 aliphatic heterocycles. The lowest BCUT2D eigenvalue weighted by molar-refractivity contribution is 0.673. The monoisotopic (exact) mass is 784 g/mol. The molecule has 282 valence electrons. The maximum Gasteiger partial charge on any atom is 0.143 e. The second kappa shape index (κ2) is 14.0.